The van der Waals surface area contributed by atoms with Crippen LogP contribution in [0.5, 0.6) is 0 Å². The first-order chi connectivity index (χ1) is 10.8. The highest BCUT2D eigenvalue weighted by molar-refractivity contribution is 6.30. The number of anilines is 2. The zero-order valence-corrected chi connectivity index (χ0v) is 14.0. The van der Waals surface area contributed by atoms with Crippen molar-refractivity contribution in [2.75, 3.05) is 5.32 Å². The van der Waals surface area contributed by atoms with E-state index in [1.807, 2.05) is 36.4 Å². The fourth-order valence-corrected chi connectivity index (χ4v) is 1.82. The van der Waals surface area contributed by atoms with E-state index < -0.39 is 11.7 Å². The molecule has 1 N–H and O–H groups in total. The van der Waals surface area contributed by atoms with Crippen molar-refractivity contribution in [2.24, 2.45) is 10.2 Å². The van der Waals surface area contributed by atoms with Crippen molar-refractivity contribution in [3.63, 3.8) is 0 Å². The maximum Gasteiger partial charge on any atom is 0.452 e. The standard InChI is InChI=1S/C17H18ClN3O2/c1-17(2,3)23-16(22)21-20-15-10-8-14(9-11-15)19-13-6-4-12(18)5-7-13/h4-11,19H,1-3H3. The number of benzene rings is 2. The molecule has 0 radical (unpaired) electrons. The van der Waals surface area contributed by atoms with Gasteiger partial charge in [0.05, 0.1) is 5.69 Å². The summed E-state index contributed by atoms with van der Waals surface area (Å²) in [6.45, 7) is 5.33. The zero-order valence-electron chi connectivity index (χ0n) is 13.2. The zero-order chi connectivity index (χ0) is 16.9. The van der Waals surface area contributed by atoms with Gasteiger partial charge in [-0.1, -0.05) is 16.7 Å². The van der Waals surface area contributed by atoms with Crippen molar-refractivity contribution in [1.82, 2.24) is 0 Å². The van der Waals surface area contributed by atoms with E-state index in [0.717, 1.165) is 11.4 Å². The van der Waals surface area contributed by atoms with E-state index in [2.05, 4.69) is 15.5 Å². The van der Waals surface area contributed by atoms with Gasteiger partial charge in [0, 0.05) is 16.4 Å². The molecular weight excluding hydrogens is 314 g/mol. The highest BCUT2D eigenvalue weighted by Crippen LogP contribution is 2.22. The third-order valence-corrected chi connectivity index (χ3v) is 2.89. The van der Waals surface area contributed by atoms with Crippen LogP contribution in [-0.2, 0) is 4.74 Å². The van der Waals surface area contributed by atoms with Crippen LogP contribution in [0.1, 0.15) is 20.8 Å². The number of ether oxygens (including phenoxy) is 1. The first kappa shape index (κ1) is 17.0. The second-order valence-electron chi connectivity index (χ2n) is 5.86. The molecule has 2 rings (SSSR count). The Morgan fingerprint density at radius 1 is 1.00 bits per heavy atom. The van der Waals surface area contributed by atoms with Crippen molar-refractivity contribution in [3.8, 4) is 0 Å². The van der Waals surface area contributed by atoms with Crippen molar-refractivity contribution in [3.05, 3.63) is 53.6 Å². The molecule has 2 aromatic carbocycles. The molecule has 0 saturated heterocycles. The number of hydrogen-bond acceptors (Lipinski definition) is 4. The van der Waals surface area contributed by atoms with Gasteiger partial charge < -0.3 is 10.1 Å². The Morgan fingerprint density at radius 2 is 1.52 bits per heavy atom. The Morgan fingerprint density at radius 3 is 2.04 bits per heavy atom. The number of carbonyl (C=O) groups is 1. The summed E-state index contributed by atoms with van der Waals surface area (Å²) in [7, 11) is 0. The van der Waals surface area contributed by atoms with E-state index in [-0.39, 0.29) is 0 Å². The van der Waals surface area contributed by atoms with Crippen LogP contribution in [0.25, 0.3) is 0 Å². The number of amides is 1. The first-order valence-corrected chi connectivity index (χ1v) is 7.47. The van der Waals surface area contributed by atoms with Crippen LogP contribution in [0.15, 0.2) is 58.8 Å². The minimum absolute atomic E-state index is 0.567. The molecule has 0 aliphatic heterocycles. The minimum Gasteiger partial charge on any atom is -0.441 e. The molecule has 0 saturated carbocycles. The van der Waals surface area contributed by atoms with Gasteiger partial charge in [0.2, 0.25) is 0 Å². The van der Waals surface area contributed by atoms with Crippen LogP contribution in [0, 0.1) is 0 Å². The summed E-state index contributed by atoms with van der Waals surface area (Å²) >= 11 is 5.85. The maximum absolute atomic E-state index is 11.5. The molecule has 1 amide bonds. The van der Waals surface area contributed by atoms with Crippen molar-refractivity contribution < 1.29 is 9.53 Å². The highest BCUT2D eigenvalue weighted by atomic mass is 35.5. The summed E-state index contributed by atoms with van der Waals surface area (Å²) in [5, 5.41) is 11.3. The Bertz CT molecular complexity index is 689. The average molecular weight is 332 g/mol. The van der Waals surface area contributed by atoms with Gasteiger partial charge in [0.1, 0.15) is 5.60 Å². The van der Waals surface area contributed by atoms with E-state index in [9.17, 15) is 4.79 Å². The van der Waals surface area contributed by atoms with Crippen LogP contribution in [-0.4, -0.2) is 11.7 Å². The summed E-state index contributed by atoms with van der Waals surface area (Å²) in [6, 6.07) is 14.6. The molecule has 120 valence electrons. The summed E-state index contributed by atoms with van der Waals surface area (Å²) in [5.41, 5.74) is 1.81. The summed E-state index contributed by atoms with van der Waals surface area (Å²) in [6.07, 6.45) is -0.708. The lowest BCUT2D eigenvalue weighted by atomic mass is 10.2. The number of azo groups is 1. The van der Waals surface area contributed by atoms with Crippen LogP contribution >= 0.6 is 11.6 Å². The molecule has 23 heavy (non-hydrogen) atoms. The fourth-order valence-electron chi connectivity index (χ4n) is 1.69. The molecule has 0 heterocycles. The molecule has 0 fully saturated rings. The Labute approximate surface area is 140 Å². The van der Waals surface area contributed by atoms with E-state index >= 15 is 0 Å². The normalized spacial score (nSPS) is 11.5. The summed E-state index contributed by atoms with van der Waals surface area (Å²) in [4.78, 5) is 11.5. The SMILES string of the molecule is CC(C)(C)OC(=O)N=Nc1ccc(Nc2ccc(Cl)cc2)cc1. The van der Waals surface area contributed by atoms with E-state index in [1.54, 1.807) is 32.9 Å². The predicted octanol–water partition coefficient (Wildman–Crippen LogP) is 6.10. The monoisotopic (exact) mass is 331 g/mol. The topological polar surface area (TPSA) is 63.0 Å². The van der Waals surface area contributed by atoms with E-state index in [4.69, 9.17) is 16.3 Å². The van der Waals surface area contributed by atoms with Crippen molar-refractivity contribution in [1.29, 1.82) is 0 Å². The van der Waals surface area contributed by atoms with Crippen LogP contribution < -0.4 is 5.32 Å². The van der Waals surface area contributed by atoms with Gasteiger partial charge in [0.25, 0.3) is 0 Å². The van der Waals surface area contributed by atoms with Crippen molar-refractivity contribution >= 4 is 34.8 Å². The van der Waals surface area contributed by atoms with Crippen molar-refractivity contribution in [2.45, 2.75) is 26.4 Å². The molecular formula is C17H18ClN3O2. The number of nitrogens with one attached hydrogen (secondary N) is 1. The molecule has 0 spiro atoms. The van der Waals surface area contributed by atoms with E-state index in [0.29, 0.717) is 10.7 Å². The molecule has 6 heteroatoms. The summed E-state index contributed by atoms with van der Waals surface area (Å²) in [5.74, 6) is 0. The molecule has 0 aromatic heterocycles. The van der Waals surface area contributed by atoms with Crippen LogP contribution in [0.3, 0.4) is 0 Å². The maximum atomic E-state index is 11.5. The molecule has 0 atom stereocenters. The van der Waals surface area contributed by atoms with Gasteiger partial charge in [-0.3, -0.25) is 0 Å². The Hall–Kier alpha value is -2.40. The molecule has 0 unspecified atom stereocenters. The lowest BCUT2D eigenvalue weighted by molar-refractivity contribution is 0.0592. The Kier molecular flexibility index (Phi) is 5.34. The lowest BCUT2D eigenvalue weighted by Crippen LogP contribution is -2.21. The van der Waals surface area contributed by atoms with Gasteiger partial charge in [-0.25, -0.2) is 4.79 Å². The van der Waals surface area contributed by atoms with Crippen LogP contribution in [0.4, 0.5) is 21.9 Å². The van der Waals surface area contributed by atoms with Crippen LogP contribution in [0.2, 0.25) is 5.02 Å². The number of rotatable bonds is 3. The number of carbonyl (C=O) groups excluding carboxylic acids is 1. The third kappa shape index (κ3) is 6.08. The second kappa shape index (κ2) is 7.24. The molecule has 5 nitrogen and oxygen atoms in total. The minimum atomic E-state index is -0.708. The molecule has 0 aliphatic rings. The van der Waals surface area contributed by atoms with Gasteiger partial charge >= 0.3 is 6.09 Å². The lowest BCUT2D eigenvalue weighted by Gasteiger charge is -2.16. The van der Waals surface area contributed by atoms with Gasteiger partial charge in [-0.2, -0.15) is 0 Å². The fraction of sp³-hybridized carbons (Fsp3) is 0.235. The number of nitrogens with zero attached hydrogens (tertiary/aromatic N) is 2. The second-order valence-corrected chi connectivity index (χ2v) is 6.30. The quantitative estimate of drug-likeness (QED) is 0.691. The van der Waals surface area contributed by atoms with Gasteiger partial charge in [-0.05, 0) is 69.3 Å². The summed E-state index contributed by atoms with van der Waals surface area (Å²) < 4.78 is 5.05. The third-order valence-electron chi connectivity index (χ3n) is 2.64. The van der Waals surface area contributed by atoms with Gasteiger partial charge in [0.15, 0.2) is 0 Å². The van der Waals surface area contributed by atoms with E-state index in [1.165, 1.54) is 0 Å². The molecule has 2 aromatic rings. The number of halogens is 1. The molecule has 0 bridgehead atoms. The van der Waals surface area contributed by atoms with Gasteiger partial charge in [-0.15, -0.1) is 5.11 Å². The average Bonchev–Trinajstić information content (AvgIpc) is 2.47. The first-order valence-electron chi connectivity index (χ1n) is 7.09. The highest BCUT2D eigenvalue weighted by Gasteiger charge is 2.15. The largest absolute Gasteiger partial charge is 0.452 e. The smallest absolute Gasteiger partial charge is 0.441 e. The predicted molar refractivity (Wildman–Crippen MR) is 91.9 cm³/mol. The number of hydrogen-bond donors (Lipinski definition) is 1. The Balaban J connectivity index is 1.96. The molecule has 0 aliphatic carbocycles.